The summed E-state index contributed by atoms with van der Waals surface area (Å²) >= 11 is 0. The molecular formula is C24H27N3O3. The van der Waals surface area contributed by atoms with Gasteiger partial charge < -0.3 is 9.63 Å². The zero-order valence-electron chi connectivity index (χ0n) is 17.4. The van der Waals surface area contributed by atoms with E-state index in [-0.39, 0.29) is 11.3 Å². The molecule has 1 fully saturated rings. The largest absolute Gasteiger partial charge is 0.481 e. The maximum atomic E-state index is 10.9. The molecule has 4 rings (SSSR count). The van der Waals surface area contributed by atoms with Crippen LogP contribution in [0.2, 0.25) is 0 Å². The summed E-state index contributed by atoms with van der Waals surface area (Å²) in [5.74, 6) is 0.317. The number of rotatable bonds is 8. The molecule has 2 aromatic carbocycles. The number of carboxylic acid groups (broad SMARTS) is 1. The zero-order valence-corrected chi connectivity index (χ0v) is 17.4. The average molecular weight is 405 g/mol. The Morgan fingerprint density at radius 2 is 1.83 bits per heavy atom. The third-order valence-corrected chi connectivity index (χ3v) is 5.91. The van der Waals surface area contributed by atoms with Gasteiger partial charge in [-0.25, -0.2) is 0 Å². The Kier molecular flexibility index (Phi) is 5.68. The second kappa shape index (κ2) is 8.40. The third-order valence-electron chi connectivity index (χ3n) is 5.91. The van der Waals surface area contributed by atoms with Crippen molar-refractivity contribution in [2.75, 3.05) is 13.1 Å². The lowest BCUT2D eigenvalue weighted by molar-refractivity contribution is -0.147. The van der Waals surface area contributed by atoms with Crippen LogP contribution in [0.3, 0.4) is 0 Å². The van der Waals surface area contributed by atoms with Crippen LogP contribution in [-0.2, 0) is 23.2 Å². The van der Waals surface area contributed by atoms with E-state index in [1.54, 1.807) is 0 Å². The fourth-order valence-electron chi connectivity index (χ4n) is 3.80. The van der Waals surface area contributed by atoms with Crippen LogP contribution in [0.1, 0.15) is 37.3 Å². The lowest BCUT2D eigenvalue weighted by atomic mass is 9.80. The number of carbonyl (C=O) groups is 1. The van der Waals surface area contributed by atoms with E-state index in [0.717, 1.165) is 30.5 Å². The first-order chi connectivity index (χ1) is 14.4. The summed E-state index contributed by atoms with van der Waals surface area (Å²) < 4.78 is 5.48. The summed E-state index contributed by atoms with van der Waals surface area (Å²) in [5, 5.41) is 13.1. The van der Waals surface area contributed by atoms with Gasteiger partial charge in [-0.05, 0) is 23.0 Å². The Balaban J connectivity index is 1.33. The second-order valence-corrected chi connectivity index (χ2v) is 8.69. The summed E-state index contributed by atoms with van der Waals surface area (Å²) in [4.78, 5) is 17.6. The number of aryl methyl sites for hydroxylation is 1. The SMILES string of the molecule is CC(C)(CCc1nc(-c2ccc(CN3CC(C(=O)O)C3)cc2)no1)c1ccccc1. The van der Waals surface area contributed by atoms with Crippen molar-refractivity contribution in [1.29, 1.82) is 0 Å². The molecular weight excluding hydrogens is 378 g/mol. The van der Waals surface area contributed by atoms with Crippen molar-refractivity contribution in [3.8, 4) is 11.4 Å². The van der Waals surface area contributed by atoms with Crippen molar-refractivity contribution in [3.05, 3.63) is 71.6 Å². The molecule has 6 heteroatoms. The maximum absolute atomic E-state index is 10.9. The number of aromatic nitrogens is 2. The molecule has 0 aliphatic carbocycles. The molecule has 1 aliphatic heterocycles. The minimum absolute atomic E-state index is 0.0358. The van der Waals surface area contributed by atoms with E-state index in [2.05, 4.69) is 53.2 Å². The van der Waals surface area contributed by atoms with E-state index in [4.69, 9.17) is 9.63 Å². The fraction of sp³-hybridized carbons (Fsp3) is 0.375. The van der Waals surface area contributed by atoms with Gasteiger partial charge in [0.25, 0.3) is 0 Å². The van der Waals surface area contributed by atoms with Crippen LogP contribution in [0, 0.1) is 5.92 Å². The molecule has 2 heterocycles. The monoisotopic (exact) mass is 405 g/mol. The predicted octanol–water partition coefficient (Wildman–Crippen LogP) is 4.16. The Morgan fingerprint density at radius 1 is 1.13 bits per heavy atom. The highest BCUT2D eigenvalue weighted by atomic mass is 16.5. The van der Waals surface area contributed by atoms with Crippen LogP contribution in [0.4, 0.5) is 0 Å². The van der Waals surface area contributed by atoms with Crippen molar-refractivity contribution in [2.24, 2.45) is 5.92 Å². The van der Waals surface area contributed by atoms with E-state index in [9.17, 15) is 4.79 Å². The number of nitrogens with zero attached hydrogens (tertiary/aromatic N) is 3. The first-order valence-corrected chi connectivity index (χ1v) is 10.3. The number of hydrogen-bond acceptors (Lipinski definition) is 5. The average Bonchev–Trinajstić information content (AvgIpc) is 3.19. The molecule has 3 aromatic rings. The Morgan fingerprint density at radius 3 is 2.50 bits per heavy atom. The van der Waals surface area contributed by atoms with E-state index in [1.165, 1.54) is 5.56 Å². The topological polar surface area (TPSA) is 79.5 Å². The molecule has 0 bridgehead atoms. The maximum Gasteiger partial charge on any atom is 0.309 e. The summed E-state index contributed by atoms with van der Waals surface area (Å²) in [6, 6.07) is 18.5. The van der Waals surface area contributed by atoms with Gasteiger partial charge in [-0.3, -0.25) is 9.69 Å². The molecule has 0 unspecified atom stereocenters. The molecule has 0 atom stereocenters. The number of benzene rings is 2. The molecule has 0 spiro atoms. The molecule has 6 nitrogen and oxygen atoms in total. The van der Waals surface area contributed by atoms with Crippen molar-refractivity contribution < 1.29 is 14.4 Å². The van der Waals surface area contributed by atoms with Crippen LogP contribution in [0.5, 0.6) is 0 Å². The molecule has 156 valence electrons. The number of carboxylic acids is 1. The smallest absolute Gasteiger partial charge is 0.309 e. The van der Waals surface area contributed by atoms with Gasteiger partial charge in [0.2, 0.25) is 11.7 Å². The number of likely N-dealkylation sites (tertiary alicyclic amines) is 1. The van der Waals surface area contributed by atoms with Crippen molar-refractivity contribution in [2.45, 2.75) is 38.6 Å². The van der Waals surface area contributed by atoms with E-state index < -0.39 is 5.97 Å². The summed E-state index contributed by atoms with van der Waals surface area (Å²) in [6.45, 7) is 6.45. The highest BCUT2D eigenvalue weighted by Gasteiger charge is 2.32. The van der Waals surface area contributed by atoms with Crippen LogP contribution in [0.15, 0.2) is 59.1 Å². The first-order valence-electron chi connectivity index (χ1n) is 10.3. The van der Waals surface area contributed by atoms with Gasteiger partial charge in [-0.15, -0.1) is 0 Å². The number of aliphatic carboxylic acids is 1. The van der Waals surface area contributed by atoms with Gasteiger partial charge in [-0.1, -0.05) is 73.6 Å². The lowest BCUT2D eigenvalue weighted by Gasteiger charge is -2.36. The van der Waals surface area contributed by atoms with Gasteiger partial charge >= 0.3 is 5.97 Å². The predicted molar refractivity (Wildman–Crippen MR) is 114 cm³/mol. The second-order valence-electron chi connectivity index (χ2n) is 8.69. The minimum atomic E-state index is -0.707. The molecule has 1 N–H and O–H groups in total. The summed E-state index contributed by atoms with van der Waals surface area (Å²) in [6.07, 6.45) is 1.65. The molecule has 1 aromatic heterocycles. The molecule has 1 saturated heterocycles. The van der Waals surface area contributed by atoms with Crippen LogP contribution in [0.25, 0.3) is 11.4 Å². The summed E-state index contributed by atoms with van der Waals surface area (Å²) in [7, 11) is 0. The van der Waals surface area contributed by atoms with Gasteiger partial charge in [-0.2, -0.15) is 4.98 Å². The zero-order chi connectivity index (χ0) is 21.1. The highest BCUT2D eigenvalue weighted by Crippen LogP contribution is 2.28. The van der Waals surface area contributed by atoms with Gasteiger partial charge in [0.1, 0.15) is 0 Å². The Bertz CT molecular complexity index is 990. The molecule has 1 aliphatic rings. The Labute approximate surface area is 176 Å². The van der Waals surface area contributed by atoms with E-state index in [0.29, 0.717) is 24.8 Å². The normalized spacial score (nSPS) is 15.1. The van der Waals surface area contributed by atoms with E-state index in [1.807, 2.05) is 30.3 Å². The molecule has 0 radical (unpaired) electrons. The standard InChI is InChI=1S/C24H27N3O3/c1-24(2,20-6-4-3-5-7-20)13-12-21-25-22(26-30-21)18-10-8-17(9-11-18)14-27-15-19(16-27)23(28)29/h3-11,19H,12-16H2,1-2H3,(H,28,29). The van der Waals surface area contributed by atoms with Crippen molar-refractivity contribution >= 4 is 5.97 Å². The third kappa shape index (κ3) is 4.60. The fourth-order valence-corrected chi connectivity index (χ4v) is 3.80. The van der Waals surface area contributed by atoms with E-state index >= 15 is 0 Å². The summed E-state index contributed by atoms with van der Waals surface area (Å²) in [5.41, 5.74) is 3.41. The van der Waals surface area contributed by atoms with Crippen molar-refractivity contribution in [1.82, 2.24) is 15.0 Å². The quantitative estimate of drug-likeness (QED) is 0.606. The molecule has 30 heavy (non-hydrogen) atoms. The van der Waals surface area contributed by atoms with Crippen LogP contribution >= 0.6 is 0 Å². The lowest BCUT2D eigenvalue weighted by Crippen LogP contribution is -2.49. The minimum Gasteiger partial charge on any atom is -0.481 e. The van der Waals surface area contributed by atoms with Crippen LogP contribution in [-0.4, -0.2) is 39.2 Å². The number of hydrogen-bond donors (Lipinski definition) is 1. The van der Waals surface area contributed by atoms with Crippen molar-refractivity contribution in [3.63, 3.8) is 0 Å². The first kappa shape index (κ1) is 20.3. The van der Waals surface area contributed by atoms with Crippen LogP contribution < -0.4 is 0 Å². The Hall–Kier alpha value is -2.99. The van der Waals surface area contributed by atoms with Gasteiger partial charge in [0.15, 0.2) is 0 Å². The molecule has 0 saturated carbocycles. The van der Waals surface area contributed by atoms with Gasteiger partial charge in [0.05, 0.1) is 5.92 Å². The highest BCUT2D eigenvalue weighted by molar-refractivity contribution is 5.71. The molecule has 0 amide bonds. The van der Waals surface area contributed by atoms with Gasteiger partial charge in [0, 0.05) is 31.6 Å².